The van der Waals surface area contributed by atoms with E-state index in [2.05, 4.69) is 9.72 Å². The second-order valence-electron chi connectivity index (χ2n) is 3.82. The summed E-state index contributed by atoms with van der Waals surface area (Å²) in [5.41, 5.74) is 1.06. The Morgan fingerprint density at radius 1 is 1.16 bits per heavy atom. The summed E-state index contributed by atoms with van der Waals surface area (Å²) in [5.74, 6) is -0.240. The number of hydrogen-bond acceptors (Lipinski definition) is 4. The highest BCUT2D eigenvalue weighted by Gasteiger charge is 2.17. The van der Waals surface area contributed by atoms with E-state index in [-0.39, 0.29) is 11.5 Å². The quantitative estimate of drug-likeness (QED) is 0.674. The number of para-hydroxylation sites is 1. The number of hydrogen-bond donors (Lipinski definition) is 1. The number of ether oxygens (including phenoxy) is 2. The minimum Gasteiger partial charge on any atom is -0.496 e. The van der Waals surface area contributed by atoms with Crippen molar-refractivity contribution in [1.82, 2.24) is 4.98 Å². The number of esters is 1. The maximum atomic E-state index is 12.3. The van der Waals surface area contributed by atoms with Crippen LogP contribution in [0.4, 0.5) is 0 Å². The Morgan fingerprint density at radius 3 is 2.58 bits per heavy atom. The Kier molecular flexibility index (Phi) is 3.66. The van der Waals surface area contributed by atoms with Crippen LogP contribution in [0.1, 0.15) is 26.4 Å². The third kappa shape index (κ3) is 2.49. The van der Waals surface area contributed by atoms with Gasteiger partial charge in [-0.2, -0.15) is 0 Å². The molecule has 0 aliphatic heterocycles. The van der Waals surface area contributed by atoms with Gasteiger partial charge in [-0.25, -0.2) is 4.79 Å². The van der Waals surface area contributed by atoms with Crippen LogP contribution in [0, 0.1) is 0 Å². The Hall–Kier alpha value is -2.56. The molecule has 2 aromatic rings. The van der Waals surface area contributed by atoms with Gasteiger partial charge < -0.3 is 14.5 Å². The van der Waals surface area contributed by atoms with Gasteiger partial charge >= 0.3 is 5.97 Å². The van der Waals surface area contributed by atoms with Gasteiger partial charge in [-0.05, 0) is 18.2 Å². The maximum absolute atomic E-state index is 12.3. The van der Waals surface area contributed by atoms with E-state index in [1.807, 2.05) is 0 Å². The number of benzene rings is 1. The molecule has 19 heavy (non-hydrogen) atoms. The average molecular weight is 259 g/mol. The van der Waals surface area contributed by atoms with Gasteiger partial charge in [0, 0.05) is 11.8 Å². The highest BCUT2D eigenvalue weighted by Crippen LogP contribution is 2.21. The molecule has 0 saturated carbocycles. The summed E-state index contributed by atoms with van der Waals surface area (Å²) in [6.45, 7) is 0. The van der Waals surface area contributed by atoms with E-state index in [1.165, 1.54) is 26.5 Å². The first-order valence-corrected chi connectivity index (χ1v) is 5.62. The second-order valence-corrected chi connectivity index (χ2v) is 3.82. The third-order valence-electron chi connectivity index (χ3n) is 2.70. The minimum atomic E-state index is -0.515. The lowest BCUT2D eigenvalue weighted by Gasteiger charge is -2.05. The topological polar surface area (TPSA) is 68.4 Å². The number of rotatable bonds is 4. The molecule has 1 aromatic carbocycles. The number of methoxy groups -OCH3 is 2. The van der Waals surface area contributed by atoms with Crippen LogP contribution >= 0.6 is 0 Å². The van der Waals surface area contributed by atoms with Crippen LogP contribution in [0.3, 0.4) is 0 Å². The van der Waals surface area contributed by atoms with Crippen molar-refractivity contribution < 1.29 is 19.1 Å². The molecular weight excluding hydrogens is 246 g/mol. The van der Waals surface area contributed by atoms with Crippen LogP contribution in [-0.4, -0.2) is 31.0 Å². The zero-order valence-corrected chi connectivity index (χ0v) is 10.6. The standard InChI is InChI=1S/C14H13NO4/c1-18-12-6-4-3-5-10(12)13(16)9-7-11(15-8-9)14(17)19-2/h3-8,15H,1-2H3. The zero-order chi connectivity index (χ0) is 13.8. The molecule has 0 amide bonds. The van der Waals surface area contributed by atoms with Gasteiger partial charge in [0.05, 0.1) is 19.8 Å². The predicted molar refractivity (Wildman–Crippen MR) is 68.6 cm³/mol. The molecule has 2 rings (SSSR count). The number of H-pyrrole nitrogens is 1. The van der Waals surface area contributed by atoms with E-state index >= 15 is 0 Å². The van der Waals surface area contributed by atoms with Crippen molar-refractivity contribution in [1.29, 1.82) is 0 Å². The van der Waals surface area contributed by atoms with Crippen molar-refractivity contribution in [3.8, 4) is 5.75 Å². The Balaban J connectivity index is 2.34. The van der Waals surface area contributed by atoms with Crippen molar-refractivity contribution in [2.45, 2.75) is 0 Å². The third-order valence-corrected chi connectivity index (χ3v) is 2.70. The lowest BCUT2D eigenvalue weighted by molar-refractivity contribution is 0.0595. The van der Waals surface area contributed by atoms with Crippen molar-refractivity contribution in [3.05, 3.63) is 53.3 Å². The van der Waals surface area contributed by atoms with Crippen molar-refractivity contribution in [2.75, 3.05) is 14.2 Å². The van der Waals surface area contributed by atoms with E-state index < -0.39 is 5.97 Å². The molecular formula is C14H13NO4. The number of ketones is 1. The van der Waals surface area contributed by atoms with Crippen molar-refractivity contribution >= 4 is 11.8 Å². The first kappa shape index (κ1) is 12.9. The lowest BCUT2D eigenvalue weighted by atomic mass is 10.0. The Labute approximate surface area is 110 Å². The molecule has 0 unspecified atom stereocenters. The molecule has 0 radical (unpaired) electrons. The molecule has 0 saturated heterocycles. The number of carbonyl (C=O) groups excluding carboxylic acids is 2. The highest BCUT2D eigenvalue weighted by atomic mass is 16.5. The van der Waals surface area contributed by atoms with Crippen LogP contribution in [0.5, 0.6) is 5.75 Å². The molecule has 0 aliphatic carbocycles. The molecule has 1 N–H and O–H groups in total. The van der Waals surface area contributed by atoms with E-state index in [9.17, 15) is 9.59 Å². The smallest absolute Gasteiger partial charge is 0.354 e. The lowest BCUT2D eigenvalue weighted by Crippen LogP contribution is -2.03. The van der Waals surface area contributed by atoms with Crippen molar-refractivity contribution in [2.24, 2.45) is 0 Å². The van der Waals surface area contributed by atoms with Crippen LogP contribution < -0.4 is 4.74 Å². The molecule has 1 aromatic heterocycles. The average Bonchev–Trinajstić information content (AvgIpc) is 2.95. The number of carbonyl (C=O) groups is 2. The second kappa shape index (κ2) is 5.39. The van der Waals surface area contributed by atoms with Gasteiger partial charge in [0.1, 0.15) is 11.4 Å². The summed E-state index contributed by atoms with van der Waals surface area (Å²) in [5, 5.41) is 0. The fraction of sp³-hybridized carbons (Fsp3) is 0.143. The number of aromatic amines is 1. The van der Waals surface area contributed by atoms with Gasteiger partial charge in [-0.15, -0.1) is 0 Å². The molecule has 0 spiro atoms. The minimum absolute atomic E-state index is 0.219. The number of aromatic nitrogens is 1. The fourth-order valence-corrected chi connectivity index (χ4v) is 1.74. The highest BCUT2D eigenvalue weighted by molar-refractivity contribution is 6.11. The summed E-state index contributed by atoms with van der Waals surface area (Å²) in [6, 6.07) is 8.38. The Morgan fingerprint density at radius 2 is 1.89 bits per heavy atom. The van der Waals surface area contributed by atoms with Gasteiger partial charge in [-0.3, -0.25) is 4.79 Å². The fourth-order valence-electron chi connectivity index (χ4n) is 1.74. The zero-order valence-electron chi connectivity index (χ0n) is 10.6. The van der Waals surface area contributed by atoms with E-state index in [0.717, 1.165) is 0 Å². The van der Waals surface area contributed by atoms with Gasteiger partial charge in [-0.1, -0.05) is 12.1 Å². The van der Waals surface area contributed by atoms with Crippen LogP contribution in [-0.2, 0) is 4.74 Å². The number of nitrogens with one attached hydrogen (secondary N) is 1. The van der Waals surface area contributed by atoms with Crippen LogP contribution in [0.2, 0.25) is 0 Å². The van der Waals surface area contributed by atoms with Gasteiger partial charge in [0.25, 0.3) is 0 Å². The molecule has 0 fully saturated rings. The normalized spacial score (nSPS) is 10.0. The van der Waals surface area contributed by atoms with Crippen LogP contribution in [0.25, 0.3) is 0 Å². The van der Waals surface area contributed by atoms with E-state index in [4.69, 9.17) is 4.74 Å². The molecule has 1 heterocycles. The summed E-state index contributed by atoms with van der Waals surface area (Å²) in [4.78, 5) is 26.3. The Bertz CT molecular complexity index is 615. The molecule has 5 heteroatoms. The van der Waals surface area contributed by atoms with Crippen LogP contribution in [0.15, 0.2) is 36.5 Å². The summed E-state index contributed by atoms with van der Waals surface area (Å²) in [6.07, 6.45) is 1.47. The van der Waals surface area contributed by atoms with Gasteiger partial charge in [0.2, 0.25) is 0 Å². The molecule has 5 nitrogen and oxygen atoms in total. The van der Waals surface area contributed by atoms with Crippen molar-refractivity contribution in [3.63, 3.8) is 0 Å². The van der Waals surface area contributed by atoms with Gasteiger partial charge in [0.15, 0.2) is 5.78 Å². The molecule has 0 bridgehead atoms. The summed E-state index contributed by atoms with van der Waals surface area (Å²) < 4.78 is 9.71. The first-order valence-electron chi connectivity index (χ1n) is 5.62. The first-order chi connectivity index (χ1) is 9.17. The maximum Gasteiger partial charge on any atom is 0.354 e. The monoisotopic (exact) mass is 259 g/mol. The molecule has 0 aliphatic rings. The van der Waals surface area contributed by atoms with E-state index in [1.54, 1.807) is 24.3 Å². The predicted octanol–water partition coefficient (Wildman–Crippen LogP) is 2.04. The van der Waals surface area contributed by atoms with E-state index in [0.29, 0.717) is 16.9 Å². The SMILES string of the molecule is COC(=O)c1cc(C(=O)c2ccccc2OC)c[nH]1. The summed E-state index contributed by atoms with van der Waals surface area (Å²) in [7, 11) is 2.79. The summed E-state index contributed by atoms with van der Waals surface area (Å²) >= 11 is 0. The molecule has 0 atom stereocenters. The largest absolute Gasteiger partial charge is 0.496 e. The molecule has 98 valence electrons.